The lowest BCUT2D eigenvalue weighted by Crippen LogP contribution is -2.08. The number of nitrogens with zero attached hydrogens (tertiary/aromatic N) is 1. The Morgan fingerprint density at radius 1 is 1.67 bits per heavy atom. The fraction of sp³-hybridized carbons (Fsp3) is 0.250. The minimum absolute atomic E-state index is 0.102. The maximum Gasteiger partial charge on any atom is 0.355 e. The normalized spacial score (nSPS) is 10.5. The summed E-state index contributed by atoms with van der Waals surface area (Å²) in [6.07, 6.45) is -1.82. The Morgan fingerprint density at radius 2 is 2.27 bits per heavy atom. The number of rotatable bonds is 3. The highest BCUT2D eigenvalue weighted by atomic mass is 127. The number of hydrogen-bond donors (Lipinski definition) is 1. The number of carbonyl (C=O) groups is 1. The number of hydrogen-bond acceptors (Lipinski definition) is 3. The summed E-state index contributed by atoms with van der Waals surface area (Å²) in [5, 5.41) is 8.68. The highest BCUT2D eigenvalue weighted by molar-refractivity contribution is 14.1. The van der Waals surface area contributed by atoms with Gasteiger partial charge in [0, 0.05) is 0 Å². The molecule has 1 heterocycles. The van der Waals surface area contributed by atoms with Crippen LogP contribution >= 0.6 is 22.6 Å². The summed E-state index contributed by atoms with van der Waals surface area (Å²) in [7, 11) is 1.22. The lowest BCUT2D eigenvalue weighted by Gasteiger charge is -2.10. The third-order valence-corrected chi connectivity index (χ3v) is 2.75. The first-order valence-corrected chi connectivity index (χ1v) is 4.80. The Balaban J connectivity index is 3.42. The molecule has 7 heteroatoms. The molecule has 1 rings (SSSR count). The maximum absolute atomic E-state index is 12.6. The minimum atomic E-state index is -2.80. The molecule has 0 saturated carbocycles. The van der Waals surface area contributed by atoms with Gasteiger partial charge in [0.25, 0.3) is 6.43 Å². The molecule has 0 bridgehead atoms. The zero-order valence-electron chi connectivity index (χ0n) is 7.50. The first kappa shape index (κ1) is 12.1. The van der Waals surface area contributed by atoms with Crippen LogP contribution in [0.1, 0.15) is 22.5 Å². The number of halogens is 3. The summed E-state index contributed by atoms with van der Waals surface area (Å²) >= 11 is 1.52. The number of aromatic carboxylic acids is 1. The van der Waals surface area contributed by atoms with Crippen molar-refractivity contribution in [1.82, 2.24) is 4.98 Å². The van der Waals surface area contributed by atoms with Crippen LogP contribution in [0.3, 0.4) is 0 Å². The molecule has 0 fully saturated rings. The van der Waals surface area contributed by atoms with Crippen molar-refractivity contribution in [3.63, 3.8) is 0 Å². The summed E-state index contributed by atoms with van der Waals surface area (Å²) in [6.45, 7) is 0. The Morgan fingerprint density at radius 3 is 2.67 bits per heavy atom. The number of methoxy groups -OCH3 is 1. The largest absolute Gasteiger partial charge is 0.495 e. The van der Waals surface area contributed by atoms with Crippen LogP contribution in [0.2, 0.25) is 0 Å². The van der Waals surface area contributed by atoms with E-state index in [9.17, 15) is 13.6 Å². The van der Waals surface area contributed by atoms with Crippen LogP contribution in [0.4, 0.5) is 8.78 Å². The van der Waals surface area contributed by atoms with Gasteiger partial charge in [-0.05, 0) is 22.6 Å². The molecule has 1 aromatic rings. The Kier molecular flexibility index (Phi) is 3.77. The molecule has 0 amide bonds. The summed E-state index contributed by atoms with van der Waals surface area (Å²) in [5.41, 5.74) is -0.836. The van der Waals surface area contributed by atoms with Crippen molar-refractivity contribution in [1.29, 1.82) is 0 Å². The van der Waals surface area contributed by atoms with Crippen LogP contribution in [0.15, 0.2) is 6.20 Å². The molecule has 0 saturated heterocycles. The number of aromatic nitrogens is 1. The SMILES string of the molecule is COc1cnc(C(=O)O)c(I)c1C(F)F. The number of carboxylic acid groups (broad SMARTS) is 1. The Labute approximate surface area is 97.4 Å². The molecule has 0 atom stereocenters. The van der Waals surface area contributed by atoms with Crippen molar-refractivity contribution in [2.45, 2.75) is 6.43 Å². The molecule has 0 aliphatic carbocycles. The molecule has 1 N–H and O–H groups in total. The van der Waals surface area contributed by atoms with Gasteiger partial charge in [0.15, 0.2) is 5.69 Å². The minimum Gasteiger partial charge on any atom is -0.495 e. The lowest BCUT2D eigenvalue weighted by molar-refractivity contribution is 0.0688. The zero-order chi connectivity index (χ0) is 11.6. The number of alkyl halides is 2. The highest BCUT2D eigenvalue weighted by Crippen LogP contribution is 2.33. The van der Waals surface area contributed by atoms with Gasteiger partial charge in [-0.15, -0.1) is 0 Å². The molecule has 1 aromatic heterocycles. The van der Waals surface area contributed by atoms with Gasteiger partial charge in [-0.25, -0.2) is 18.6 Å². The average Bonchev–Trinajstić information content (AvgIpc) is 2.15. The van der Waals surface area contributed by atoms with Gasteiger partial charge in [-0.2, -0.15) is 0 Å². The second-order valence-corrected chi connectivity index (χ2v) is 3.59. The first-order valence-electron chi connectivity index (χ1n) is 3.72. The zero-order valence-corrected chi connectivity index (χ0v) is 9.66. The predicted molar refractivity (Wildman–Crippen MR) is 55.4 cm³/mol. The van der Waals surface area contributed by atoms with Crippen molar-refractivity contribution in [2.24, 2.45) is 0 Å². The molecule has 15 heavy (non-hydrogen) atoms. The number of pyridine rings is 1. The molecule has 0 aliphatic heterocycles. The molecular formula is C8H6F2INO3. The molecule has 0 spiro atoms. The molecule has 0 radical (unpaired) electrons. The molecular weight excluding hydrogens is 323 g/mol. The maximum atomic E-state index is 12.6. The molecule has 0 aromatic carbocycles. The van der Waals surface area contributed by atoms with Crippen molar-refractivity contribution < 1.29 is 23.4 Å². The Hall–Kier alpha value is -0.990. The van der Waals surface area contributed by atoms with Crippen LogP contribution in [-0.2, 0) is 0 Å². The van der Waals surface area contributed by atoms with Crippen molar-refractivity contribution in [3.8, 4) is 5.75 Å². The van der Waals surface area contributed by atoms with Crippen LogP contribution in [0.5, 0.6) is 5.75 Å². The fourth-order valence-corrected chi connectivity index (χ4v) is 1.87. The molecule has 82 valence electrons. The van der Waals surface area contributed by atoms with Crippen molar-refractivity contribution in [3.05, 3.63) is 21.0 Å². The van der Waals surface area contributed by atoms with E-state index in [1.807, 2.05) is 0 Å². The number of ether oxygens (including phenoxy) is 1. The summed E-state index contributed by atoms with van der Waals surface area (Å²) in [4.78, 5) is 14.2. The van der Waals surface area contributed by atoms with Gasteiger partial charge < -0.3 is 9.84 Å². The van der Waals surface area contributed by atoms with Crippen LogP contribution in [0.25, 0.3) is 0 Å². The fourth-order valence-electron chi connectivity index (χ4n) is 1.00. The van der Waals surface area contributed by atoms with Gasteiger partial charge in [0.2, 0.25) is 0 Å². The van der Waals surface area contributed by atoms with E-state index in [4.69, 9.17) is 5.11 Å². The Bertz CT molecular complexity index is 398. The van der Waals surface area contributed by atoms with Crippen LogP contribution in [-0.4, -0.2) is 23.2 Å². The third kappa shape index (κ3) is 2.33. The molecule has 0 aliphatic rings. The van der Waals surface area contributed by atoms with E-state index in [1.54, 1.807) is 0 Å². The quantitative estimate of drug-likeness (QED) is 0.865. The van der Waals surface area contributed by atoms with Gasteiger partial charge in [-0.1, -0.05) is 0 Å². The van der Waals surface area contributed by atoms with Gasteiger partial charge in [0.1, 0.15) is 5.75 Å². The summed E-state index contributed by atoms with van der Waals surface area (Å²) in [6, 6.07) is 0. The van der Waals surface area contributed by atoms with E-state index in [2.05, 4.69) is 9.72 Å². The molecule has 0 unspecified atom stereocenters. The standard InChI is InChI=1S/C8H6F2INO3/c1-15-3-2-12-6(8(13)14)5(11)4(3)7(9)10/h2,7H,1H3,(H,13,14). The van der Waals surface area contributed by atoms with Gasteiger partial charge >= 0.3 is 5.97 Å². The topological polar surface area (TPSA) is 59.4 Å². The lowest BCUT2D eigenvalue weighted by atomic mass is 10.2. The smallest absolute Gasteiger partial charge is 0.355 e. The van der Waals surface area contributed by atoms with Crippen molar-refractivity contribution in [2.75, 3.05) is 7.11 Å². The van der Waals surface area contributed by atoms with Crippen LogP contribution in [0, 0.1) is 3.57 Å². The van der Waals surface area contributed by atoms with Crippen LogP contribution < -0.4 is 4.74 Å². The van der Waals surface area contributed by atoms with Gasteiger partial charge in [0.05, 0.1) is 22.4 Å². The second kappa shape index (κ2) is 4.69. The van der Waals surface area contributed by atoms with Gasteiger partial charge in [-0.3, -0.25) is 0 Å². The van der Waals surface area contributed by atoms with Crippen molar-refractivity contribution >= 4 is 28.6 Å². The summed E-state index contributed by atoms with van der Waals surface area (Å²) in [5.74, 6) is -1.46. The van der Waals surface area contributed by atoms with E-state index in [1.165, 1.54) is 29.7 Å². The molecule has 4 nitrogen and oxygen atoms in total. The average molecular weight is 329 g/mol. The second-order valence-electron chi connectivity index (χ2n) is 2.51. The highest BCUT2D eigenvalue weighted by Gasteiger charge is 2.23. The van der Waals surface area contributed by atoms with E-state index in [0.717, 1.165) is 6.20 Å². The predicted octanol–water partition coefficient (Wildman–Crippen LogP) is 2.33. The number of carboxylic acids is 1. The summed E-state index contributed by atoms with van der Waals surface area (Å²) < 4.78 is 29.8. The van der Waals surface area contributed by atoms with E-state index < -0.39 is 23.7 Å². The van der Waals surface area contributed by atoms with E-state index in [0.29, 0.717) is 0 Å². The third-order valence-electron chi connectivity index (χ3n) is 1.66. The monoisotopic (exact) mass is 329 g/mol. The van der Waals surface area contributed by atoms with E-state index in [-0.39, 0.29) is 9.32 Å². The first-order chi connectivity index (χ1) is 6.99. The van der Waals surface area contributed by atoms with E-state index >= 15 is 0 Å².